The van der Waals surface area contributed by atoms with Crippen LogP contribution in [0.15, 0.2) is 29.2 Å². The van der Waals surface area contributed by atoms with Crippen LogP contribution in [0, 0.1) is 0 Å². The minimum absolute atomic E-state index is 0.133. The van der Waals surface area contributed by atoms with E-state index in [1.54, 1.807) is 24.3 Å². The van der Waals surface area contributed by atoms with E-state index >= 15 is 0 Å². The molecule has 0 amide bonds. The van der Waals surface area contributed by atoms with E-state index in [-0.39, 0.29) is 18.0 Å². The van der Waals surface area contributed by atoms with E-state index < -0.39 is 9.84 Å². The third-order valence-corrected chi connectivity index (χ3v) is 5.40. The molecule has 1 aromatic carbocycles. The molecule has 1 aromatic rings. The molecule has 0 aliphatic carbocycles. The fourth-order valence-corrected chi connectivity index (χ4v) is 3.95. The molecule has 0 saturated carbocycles. The number of hydrogen-bond donors (Lipinski definition) is 1. The minimum Gasteiger partial charge on any atom is -0.373 e. The first kappa shape index (κ1) is 16.4. The largest absolute Gasteiger partial charge is 0.373 e. The van der Waals surface area contributed by atoms with Gasteiger partial charge in [-0.25, -0.2) is 8.42 Å². The molecule has 5 nitrogen and oxygen atoms in total. The van der Waals surface area contributed by atoms with Gasteiger partial charge in [0.1, 0.15) is 0 Å². The second-order valence-corrected chi connectivity index (χ2v) is 7.79. The molecule has 0 spiro atoms. The van der Waals surface area contributed by atoms with Crippen LogP contribution in [0.3, 0.4) is 0 Å². The van der Waals surface area contributed by atoms with E-state index in [1.807, 2.05) is 13.8 Å². The van der Waals surface area contributed by atoms with Crippen LogP contribution in [-0.4, -0.2) is 50.9 Å². The molecule has 1 heterocycles. The van der Waals surface area contributed by atoms with Gasteiger partial charge in [0.15, 0.2) is 9.84 Å². The number of ether oxygens (including phenoxy) is 1. The highest BCUT2D eigenvalue weighted by atomic mass is 32.2. The van der Waals surface area contributed by atoms with Gasteiger partial charge in [-0.3, -0.25) is 4.90 Å². The zero-order chi connectivity index (χ0) is 15.5. The van der Waals surface area contributed by atoms with Crippen molar-refractivity contribution >= 4 is 9.84 Å². The van der Waals surface area contributed by atoms with Crippen LogP contribution in [0.5, 0.6) is 0 Å². The van der Waals surface area contributed by atoms with Gasteiger partial charge in [0.05, 0.1) is 22.9 Å². The maximum atomic E-state index is 12.3. The molecule has 0 radical (unpaired) electrons. The Kier molecular flexibility index (Phi) is 5.37. The second kappa shape index (κ2) is 6.87. The van der Waals surface area contributed by atoms with Crippen molar-refractivity contribution in [1.82, 2.24) is 4.90 Å². The summed E-state index contributed by atoms with van der Waals surface area (Å²) in [6.07, 6.45) is 0.306. The van der Waals surface area contributed by atoms with Gasteiger partial charge in [-0.1, -0.05) is 12.1 Å². The van der Waals surface area contributed by atoms with Crippen molar-refractivity contribution in [1.29, 1.82) is 0 Å². The van der Waals surface area contributed by atoms with Crippen molar-refractivity contribution in [3.63, 3.8) is 0 Å². The first-order chi connectivity index (χ1) is 9.90. The number of morpholine rings is 1. The lowest BCUT2D eigenvalue weighted by Gasteiger charge is -2.35. The smallest absolute Gasteiger partial charge is 0.179 e. The van der Waals surface area contributed by atoms with E-state index in [1.165, 1.54) is 0 Å². The van der Waals surface area contributed by atoms with Crippen LogP contribution in [0.4, 0.5) is 0 Å². The quantitative estimate of drug-likeness (QED) is 0.879. The van der Waals surface area contributed by atoms with Crippen LogP contribution in [-0.2, 0) is 21.1 Å². The fourth-order valence-electron chi connectivity index (χ4n) is 2.67. The average molecular weight is 312 g/mol. The van der Waals surface area contributed by atoms with Gasteiger partial charge < -0.3 is 10.5 Å². The van der Waals surface area contributed by atoms with E-state index in [0.717, 1.165) is 18.7 Å². The number of hydrogen-bond acceptors (Lipinski definition) is 5. The van der Waals surface area contributed by atoms with Crippen molar-refractivity contribution in [3.05, 3.63) is 29.8 Å². The summed E-state index contributed by atoms with van der Waals surface area (Å²) in [6, 6.07) is 6.82. The molecule has 1 aliphatic heterocycles. The third kappa shape index (κ3) is 4.51. The summed E-state index contributed by atoms with van der Waals surface area (Å²) in [5.41, 5.74) is 6.46. The second-order valence-electron chi connectivity index (χ2n) is 5.68. The molecule has 2 rings (SSSR count). The maximum absolute atomic E-state index is 12.3. The number of nitrogens with two attached hydrogens (primary N) is 1. The number of rotatable bonds is 5. The summed E-state index contributed by atoms with van der Waals surface area (Å²) >= 11 is 0. The highest BCUT2D eigenvalue weighted by Gasteiger charge is 2.24. The summed E-state index contributed by atoms with van der Waals surface area (Å²) in [5, 5.41) is 0. The summed E-state index contributed by atoms with van der Waals surface area (Å²) in [7, 11) is -3.24. The number of nitrogens with zero attached hydrogens (tertiary/aromatic N) is 1. The highest BCUT2D eigenvalue weighted by Crippen LogP contribution is 2.15. The number of sulfone groups is 1. The Hall–Kier alpha value is -0.950. The highest BCUT2D eigenvalue weighted by molar-refractivity contribution is 7.91. The monoisotopic (exact) mass is 312 g/mol. The van der Waals surface area contributed by atoms with E-state index in [9.17, 15) is 8.42 Å². The standard InChI is InChI=1S/C15H24N2O3S/c1-12-10-17(11-13(2)20-12)7-8-21(18,19)15-5-3-14(9-16)4-6-15/h3-6,12-13H,7-11,16H2,1-2H3. The van der Waals surface area contributed by atoms with E-state index in [4.69, 9.17) is 10.5 Å². The zero-order valence-electron chi connectivity index (χ0n) is 12.7. The average Bonchev–Trinajstić information content (AvgIpc) is 2.44. The molecule has 21 heavy (non-hydrogen) atoms. The van der Waals surface area contributed by atoms with Crippen molar-refractivity contribution in [2.45, 2.75) is 37.5 Å². The van der Waals surface area contributed by atoms with Gasteiger partial charge in [0.2, 0.25) is 0 Å². The van der Waals surface area contributed by atoms with Gasteiger partial charge in [-0.05, 0) is 31.5 Å². The van der Waals surface area contributed by atoms with E-state index in [2.05, 4.69) is 4.90 Å². The lowest BCUT2D eigenvalue weighted by atomic mass is 10.2. The maximum Gasteiger partial charge on any atom is 0.179 e. The summed E-state index contributed by atoms with van der Waals surface area (Å²) in [4.78, 5) is 2.53. The molecule has 2 N–H and O–H groups in total. The van der Waals surface area contributed by atoms with E-state index in [0.29, 0.717) is 18.0 Å². The Labute approximate surface area is 127 Å². The molecular weight excluding hydrogens is 288 g/mol. The molecule has 1 fully saturated rings. The van der Waals surface area contributed by atoms with Crippen molar-refractivity contribution in [2.24, 2.45) is 5.73 Å². The predicted octanol–water partition coefficient (Wildman–Crippen LogP) is 1.03. The molecule has 1 saturated heterocycles. The van der Waals surface area contributed by atoms with Crippen molar-refractivity contribution in [3.8, 4) is 0 Å². The molecular formula is C15H24N2O3S. The van der Waals surface area contributed by atoms with Crippen LogP contribution < -0.4 is 5.73 Å². The zero-order valence-corrected chi connectivity index (χ0v) is 13.5. The number of benzene rings is 1. The fraction of sp³-hybridized carbons (Fsp3) is 0.600. The van der Waals surface area contributed by atoms with Crippen molar-refractivity contribution < 1.29 is 13.2 Å². The molecule has 2 unspecified atom stereocenters. The SMILES string of the molecule is CC1CN(CCS(=O)(=O)c2ccc(CN)cc2)CC(C)O1. The van der Waals surface area contributed by atoms with Crippen LogP contribution >= 0.6 is 0 Å². The molecule has 1 aliphatic rings. The summed E-state index contributed by atoms with van der Waals surface area (Å²) in [5.74, 6) is 0.133. The molecule has 2 atom stereocenters. The normalized spacial score (nSPS) is 24.1. The first-order valence-corrected chi connectivity index (χ1v) is 8.95. The van der Waals surface area contributed by atoms with Crippen LogP contribution in [0.1, 0.15) is 19.4 Å². The molecule has 0 aromatic heterocycles. The van der Waals surface area contributed by atoms with Gasteiger partial charge in [-0.2, -0.15) is 0 Å². The van der Waals surface area contributed by atoms with Gasteiger partial charge in [0, 0.05) is 26.2 Å². The molecule has 0 bridgehead atoms. The van der Waals surface area contributed by atoms with Gasteiger partial charge in [-0.15, -0.1) is 0 Å². The van der Waals surface area contributed by atoms with Crippen LogP contribution in [0.2, 0.25) is 0 Å². The Balaban J connectivity index is 1.97. The lowest BCUT2D eigenvalue weighted by molar-refractivity contribution is -0.0662. The topological polar surface area (TPSA) is 72.6 Å². The Bertz CT molecular complexity index is 547. The third-order valence-electron chi connectivity index (χ3n) is 3.69. The first-order valence-electron chi connectivity index (χ1n) is 7.30. The molecule has 118 valence electrons. The summed E-state index contributed by atoms with van der Waals surface area (Å²) < 4.78 is 30.4. The minimum atomic E-state index is -3.24. The Morgan fingerprint density at radius 3 is 2.29 bits per heavy atom. The predicted molar refractivity (Wildman–Crippen MR) is 82.8 cm³/mol. The molecule has 6 heteroatoms. The van der Waals surface area contributed by atoms with Gasteiger partial charge >= 0.3 is 0 Å². The lowest BCUT2D eigenvalue weighted by Crippen LogP contribution is -2.46. The Morgan fingerprint density at radius 2 is 1.76 bits per heavy atom. The van der Waals surface area contributed by atoms with Crippen LogP contribution in [0.25, 0.3) is 0 Å². The Morgan fingerprint density at radius 1 is 1.19 bits per heavy atom. The van der Waals surface area contributed by atoms with Crippen molar-refractivity contribution in [2.75, 3.05) is 25.4 Å². The van der Waals surface area contributed by atoms with Gasteiger partial charge in [0.25, 0.3) is 0 Å². The summed E-state index contributed by atoms with van der Waals surface area (Å²) in [6.45, 7) is 6.56.